The van der Waals surface area contributed by atoms with E-state index >= 15 is 0 Å². The Labute approximate surface area is 114 Å². The zero-order chi connectivity index (χ0) is 14.9. The molecule has 3 N–H and O–H groups in total. The number of carbonyl (C=O) groups excluding carboxylic acids is 2. The Morgan fingerprint density at radius 3 is 2.75 bits per heavy atom. The predicted octanol–water partition coefficient (Wildman–Crippen LogP) is -0.274. The number of nitrogens with one attached hydrogen (secondary N) is 1. The number of carboxylic acids is 1. The van der Waals surface area contributed by atoms with Crippen molar-refractivity contribution in [3.63, 3.8) is 0 Å². The molecule has 0 aliphatic carbocycles. The van der Waals surface area contributed by atoms with Crippen LogP contribution in [0.25, 0.3) is 0 Å². The minimum absolute atomic E-state index is 0.00838. The Balaban J connectivity index is 2.36. The lowest BCUT2D eigenvalue weighted by Gasteiger charge is -2.32. The van der Waals surface area contributed by atoms with Crippen LogP contribution in [0.1, 0.15) is 15.9 Å². The van der Waals surface area contributed by atoms with Crippen molar-refractivity contribution in [2.75, 3.05) is 13.1 Å². The molecule has 1 aliphatic heterocycles. The third-order valence-electron chi connectivity index (χ3n) is 3.11. The summed E-state index contributed by atoms with van der Waals surface area (Å²) in [5.74, 6) is -2.54. The van der Waals surface area contributed by atoms with Crippen LogP contribution in [-0.2, 0) is 9.59 Å². The predicted molar refractivity (Wildman–Crippen MR) is 68.3 cm³/mol. The maximum atomic E-state index is 12.4. The van der Waals surface area contributed by atoms with Gasteiger partial charge in [0.1, 0.15) is 18.3 Å². The molecule has 7 nitrogen and oxygen atoms in total. The second kappa shape index (κ2) is 5.20. The summed E-state index contributed by atoms with van der Waals surface area (Å²) in [7, 11) is 0. The van der Waals surface area contributed by atoms with E-state index in [0.717, 1.165) is 10.5 Å². The minimum atomic E-state index is -1.20. The number of rotatable bonds is 2. The normalized spacial score (nSPS) is 18.6. The highest BCUT2D eigenvalue weighted by Gasteiger charge is 2.36. The number of phenolic OH excluding ortho intramolecular Hbond substituents is 1. The number of aromatic hydroxyl groups is 1. The van der Waals surface area contributed by atoms with E-state index in [2.05, 4.69) is 5.32 Å². The highest BCUT2D eigenvalue weighted by molar-refractivity contribution is 6.01. The van der Waals surface area contributed by atoms with Crippen LogP contribution in [0.4, 0.5) is 0 Å². The van der Waals surface area contributed by atoms with E-state index in [-0.39, 0.29) is 24.4 Å². The van der Waals surface area contributed by atoms with E-state index < -0.39 is 23.8 Å². The molecular weight excluding hydrogens is 264 g/mol. The highest BCUT2D eigenvalue weighted by atomic mass is 16.4. The van der Waals surface area contributed by atoms with Gasteiger partial charge in [-0.05, 0) is 19.1 Å². The molecule has 1 aliphatic rings. The van der Waals surface area contributed by atoms with Gasteiger partial charge in [-0.1, -0.05) is 11.6 Å². The largest absolute Gasteiger partial charge is 0.507 e. The molecule has 20 heavy (non-hydrogen) atoms. The monoisotopic (exact) mass is 278 g/mol. The molecule has 0 aromatic heterocycles. The Kier molecular flexibility index (Phi) is 3.60. The third-order valence-corrected chi connectivity index (χ3v) is 3.11. The van der Waals surface area contributed by atoms with Gasteiger partial charge in [-0.2, -0.15) is 0 Å². The number of hydrogen-bond donors (Lipinski definition) is 3. The fraction of sp³-hybridized carbons (Fsp3) is 0.308. The first-order chi connectivity index (χ1) is 9.40. The Bertz CT molecular complexity index is 584. The molecule has 1 fully saturated rings. The summed E-state index contributed by atoms with van der Waals surface area (Å²) >= 11 is 0. The molecule has 0 spiro atoms. The van der Waals surface area contributed by atoms with Crippen molar-refractivity contribution >= 4 is 17.8 Å². The number of nitrogens with zero attached hydrogens (tertiary/aromatic N) is 1. The van der Waals surface area contributed by atoms with Gasteiger partial charge in [-0.15, -0.1) is 0 Å². The van der Waals surface area contributed by atoms with Gasteiger partial charge in [-0.3, -0.25) is 9.59 Å². The standard InChI is InChI=1S/C13H14N2O5/c1-7-2-3-10(16)8(4-7)12(18)15-6-11(17)14-5-9(15)13(19)20/h2-4,9,16H,5-6H2,1H3,(H,14,17)(H,19,20). The second-order valence-corrected chi connectivity index (χ2v) is 4.61. The number of carbonyl (C=O) groups is 3. The van der Waals surface area contributed by atoms with Gasteiger partial charge in [0.05, 0.1) is 5.56 Å². The van der Waals surface area contributed by atoms with Crippen molar-refractivity contribution < 1.29 is 24.6 Å². The molecule has 0 saturated carbocycles. The summed E-state index contributed by atoms with van der Waals surface area (Å²) in [5.41, 5.74) is 0.741. The third kappa shape index (κ3) is 2.56. The topological polar surface area (TPSA) is 107 Å². The van der Waals surface area contributed by atoms with Crippen LogP contribution < -0.4 is 5.32 Å². The number of carboxylic acid groups (broad SMARTS) is 1. The average molecular weight is 278 g/mol. The van der Waals surface area contributed by atoms with Gasteiger partial charge in [0, 0.05) is 6.54 Å². The van der Waals surface area contributed by atoms with Gasteiger partial charge >= 0.3 is 5.97 Å². The lowest BCUT2D eigenvalue weighted by molar-refractivity contribution is -0.144. The number of phenols is 1. The number of hydrogen-bond acceptors (Lipinski definition) is 4. The van der Waals surface area contributed by atoms with Crippen molar-refractivity contribution in [3.05, 3.63) is 29.3 Å². The molecule has 1 unspecified atom stereocenters. The first-order valence-corrected chi connectivity index (χ1v) is 6.00. The Hall–Kier alpha value is -2.57. The van der Waals surface area contributed by atoms with Crippen molar-refractivity contribution in [3.8, 4) is 5.75 Å². The first kappa shape index (κ1) is 13.9. The zero-order valence-electron chi connectivity index (χ0n) is 10.8. The maximum absolute atomic E-state index is 12.4. The van der Waals surface area contributed by atoms with Crippen LogP contribution in [0.5, 0.6) is 5.75 Å². The fourth-order valence-corrected chi connectivity index (χ4v) is 2.05. The van der Waals surface area contributed by atoms with Crippen molar-refractivity contribution in [2.45, 2.75) is 13.0 Å². The molecule has 1 heterocycles. The first-order valence-electron chi connectivity index (χ1n) is 6.00. The molecule has 0 radical (unpaired) electrons. The number of aryl methyl sites for hydroxylation is 1. The smallest absolute Gasteiger partial charge is 0.328 e. The summed E-state index contributed by atoms with van der Waals surface area (Å²) in [6.45, 7) is 1.25. The van der Waals surface area contributed by atoms with Gasteiger partial charge in [0.2, 0.25) is 5.91 Å². The van der Waals surface area contributed by atoms with Crippen LogP contribution in [0, 0.1) is 6.92 Å². The fourth-order valence-electron chi connectivity index (χ4n) is 2.05. The van der Waals surface area contributed by atoms with Gasteiger partial charge < -0.3 is 20.4 Å². The summed E-state index contributed by atoms with van der Waals surface area (Å²) in [6.07, 6.45) is 0. The van der Waals surface area contributed by atoms with Crippen LogP contribution in [0.15, 0.2) is 18.2 Å². The van der Waals surface area contributed by atoms with Crippen LogP contribution in [0.3, 0.4) is 0 Å². The molecule has 0 bridgehead atoms. The maximum Gasteiger partial charge on any atom is 0.328 e. The molecule has 1 aromatic carbocycles. The van der Waals surface area contributed by atoms with E-state index in [4.69, 9.17) is 5.11 Å². The van der Waals surface area contributed by atoms with E-state index in [0.29, 0.717) is 0 Å². The zero-order valence-corrected chi connectivity index (χ0v) is 10.8. The van der Waals surface area contributed by atoms with Gasteiger partial charge in [0.25, 0.3) is 5.91 Å². The summed E-state index contributed by atoms with van der Waals surface area (Å²) in [6, 6.07) is 3.31. The number of aliphatic carboxylic acids is 1. The van der Waals surface area contributed by atoms with E-state index in [1.54, 1.807) is 13.0 Å². The lowest BCUT2D eigenvalue weighted by Crippen LogP contribution is -2.59. The molecule has 2 rings (SSSR count). The quantitative estimate of drug-likeness (QED) is 0.690. The molecule has 1 atom stereocenters. The highest BCUT2D eigenvalue weighted by Crippen LogP contribution is 2.21. The van der Waals surface area contributed by atoms with Gasteiger partial charge in [-0.25, -0.2) is 4.79 Å². The van der Waals surface area contributed by atoms with E-state index in [1.807, 2.05) is 0 Å². The average Bonchev–Trinajstić information content (AvgIpc) is 2.40. The van der Waals surface area contributed by atoms with Crippen molar-refractivity contribution in [1.29, 1.82) is 0 Å². The molecule has 1 saturated heterocycles. The van der Waals surface area contributed by atoms with Crippen molar-refractivity contribution in [1.82, 2.24) is 10.2 Å². The van der Waals surface area contributed by atoms with Crippen LogP contribution in [-0.4, -0.2) is 52.0 Å². The molecule has 106 valence electrons. The summed E-state index contributed by atoms with van der Waals surface area (Å²) in [5, 5.41) is 21.2. The summed E-state index contributed by atoms with van der Waals surface area (Å²) < 4.78 is 0. The number of benzene rings is 1. The molecule has 2 amide bonds. The second-order valence-electron chi connectivity index (χ2n) is 4.61. The molecule has 1 aromatic rings. The van der Waals surface area contributed by atoms with Crippen molar-refractivity contribution in [2.24, 2.45) is 0 Å². The SMILES string of the molecule is Cc1ccc(O)c(C(=O)N2CC(=O)NCC2C(=O)O)c1. The Morgan fingerprint density at radius 1 is 1.40 bits per heavy atom. The number of piperazine rings is 1. The summed E-state index contributed by atoms with van der Waals surface area (Å²) in [4.78, 5) is 35.8. The minimum Gasteiger partial charge on any atom is -0.507 e. The van der Waals surface area contributed by atoms with Crippen LogP contribution >= 0.6 is 0 Å². The molecular formula is C13H14N2O5. The van der Waals surface area contributed by atoms with Gasteiger partial charge in [0.15, 0.2) is 0 Å². The van der Waals surface area contributed by atoms with E-state index in [1.165, 1.54) is 12.1 Å². The van der Waals surface area contributed by atoms with E-state index in [9.17, 15) is 19.5 Å². The lowest BCUT2D eigenvalue weighted by atomic mass is 10.1. The number of amides is 2. The van der Waals surface area contributed by atoms with Crippen LogP contribution in [0.2, 0.25) is 0 Å². The molecule has 7 heteroatoms. The Morgan fingerprint density at radius 2 is 2.10 bits per heavy atom.